The third-order valence-corrected chi connectivity index (χ3v) is 5.99. The Morgan fingerprint density at radius 3 is 2.58 bits per heavy atom. The van der Waals surface area contributed by atoms with Gasteiger partial charge in [-0.05, 0) is 43.4 Å². The molecular weight excluding hydrogens is 352 g/mol. The second kappa shape index (κ2) is 6.72. The van der Waals surface area contributed by atoms with Gasteiger partial charge in [0.2, 0.25) is 16.0 Å². The third kappa shape index (κ3) is 3.95. The Balaban J connectivity index is 1.57. The van der Waals surface area contributed by atoms with E-state index in [1.807, 2.05) is 12.3 Å². The lowest BCUT2D eigenvalue weighted by molar-refractivity contribution is 0.187. The van der Waals surface area contributed by atoms with Crippen molar-refractivity contribution in [3.8, 4) is 5.75 Å². The molecule has 26 heavy (non-hydrogen) atoms. The highest BCUT2D eigenvalue weighted by atomic mass is 32.2. The maximum absolute atomic E-state index is 11.5. The molecule has 2 aliphatic rings. The van der Waals surface area contributed by atoms with Crippen LogP contribution in [0.1, 0.15) is 56.9 Å². The maximum Gasteiger partial charge on any atom is 0.242 e. The Kier molecular flexibility index (Phi) is 4.54. The van der Waals surface area contributed by atoms with Crippen molar-refractivity contribution in [1.82, 2.24) is 14.6 Å². The molecule has 0 saturated heterocycles. The maximum atomic E-state index is 11.5. The molecule has 0 aromatic carbocycles. The SMILES string of the molecule is CC1CCC(COc2cc3nnc(NS(C)(=O)=O)n3cc2C2CC2)CC1. The van der Waals surface area contributed by atoms with Crippen molar-refractivity contribution in [1.29, 1.82) is 0 Å². The summed E-state index contributed by atoms with van der Waals surface area (Å²) in [6.07, 6.45) is 10.3. The number of rotatable bonds is 6. The highest BCUT2D eigenvalue weighted by Gasteiger charge is 2.29. The Morgan fingerprint density at radius 2 is 1.92 bits per heavy atom. The molecule has 2 heterocycles. The first-order valence-corrected chi connectivity index (χ1v) is 11.3. The van der Waals surface area contributed by atoms with Gasteiger partial charge in [0.25, 0.3) is 0 Å². The van der Waals surface area contributed by atoms with Crippen LogP contribution in [0.4, 0.5) is 5.95 Å². The minimum atomic E-state index is -3.40. The quantitative estimate of drug-likeness (QED) is 0.834. The number of pyridine rings is 1. The van der Waals surface area contributed by atoms with Crippen molar-refractivity contribution in [2.75, 3.05) is 17.6 Å². The Hall–Kier alpha value is -1.83. The minimum Gasteiger partial charge on any atom is -0.493 e. The van der Waals surface area contributed by atoms with E-state index in [0.717, 1.165) is 42.9 Å². The summed E-state index contributed by atoms with van der Waals surface area (Å²) < 4.78 is 33.4. The van der Waals surface area contributed by atoms with Crippen LogP contribution in [0, 0.1) is 11.8 Å². The fourth-order valence-electron chi connectivity index (χ4n) is 3.70. The van der Waals surface area contributed by atoms with E-state index in [0.29, 0.717) is 17.5 Å². The Morgan fingerprint density at radius 1 is 1.19 bits per heavy atom. The highest BCUT2D eigenvalue weighted by Crippen LogP contribution is 2.45. The van der Waals surface area contributed by atoms with Crippen molar-refractivity contribution >= 4 is 21.6 Å². The van der Waals surface area contributed by atoms with Crippen molar-refractivity contribution < 1.29 is 13.2 Å². The van der Waals surface area contributed by atoms with E-state index in [9.17, 15) is 8.42 Å². The van der Waals surface area contributed by atoms with E-state index in [1.165, 1.54) is 25.7 Å². The second-order valence-corrected chi connectivity index (χ2v) is 9.68. The van der Waals surface area contributed by atoms with Crippen LogP contribution in [0.5, 0.6) is 5.75 Å². The van der Waals surface area contributed by atoms with Gasteiger partial charge in [-0.25, -0.2) is 8.42 Å². The lowest BCUT2D eigenvalue weighted by Crippen LogP contribution is -2.19. The number of fused-ring (bicyclic) bond motifs is 1. The predicted molar refractivity (Wildman–Crippen MR) is 100 cm³/mol. The lowest BCUT2D eigenvalue weighted by Gasteiger charge is -2.26. The summed E-state index contributed by atoms with van der Waals surface area (Å²) in [5, 5.41) is 8.06. The van der Waals surface area contributed by atoms with Crippen LogP contribution in [0.2, 0.25) is 0 Å². The number of ether oxygens (including phenoxy) is 1. The van der Waals surface area contributed by atoms with Gasteiger partial charge in [-0.2, -0.15) is 0 Å². The van der Waals surface area contributed by atoms with Gasteiger partial charge in [0, 0.05) is 17.8 Å². The molecule has 0 unspecified atom stereocenters. The van der Waals surface area contributed by atoms with Crippen molar-refractivity contribution in [2.45, 2.75) is 51.4 Å². The molecule has 8 heteroatoms. The van der Waals surface area contributed by atoms with E-state index < -0.39 is 10.0 Å². The summed E-state index contributed by atoms with van der Waals surface area (Å²) >= 11 is 0. The Labute approximate surface area is 154 Å². The van der Waals surface area contributed by atoms with Crippen LogP contribution in [-0.4, -0.2) is 35.9 Å². The van der Waals surface area contributed by atoms with Gasteiger partial charge in [0.05, 0.1) is 12.9 Å². The standard InChI is InChI=1S/C18H26N4O3S/c1-12-3-5-13(6-4-12)11-25-16-9-17-19-20-18(21-26(2,23)24)22(17)10-15(16)14-7-8-14/h9-10,12-14H,3-8,11H2,1-2H3,(H,20,21). The van der Waals surface area contributed by atoms with E-state index in [2.05, 4.69) is 21.8 Å². The molecule has 7 nitrogen and oxygen atoms in total. The number of nitrogens with one attached hydrogen (secondary N) is 1. The average Bonchev–Trinajstić information content (AvgIpc) is 3.36. The summed E-state index contributed by atoms with van der Waals surface area (Å²) in [6.45, 7) is 3.06. The number of hydrogen-bond acceptors (Lipinski definition) is 5. The normalized spacial score (nSPS) is 23.9. The van der Waals surface area contributed by atoms with E-state index in [4.69, 9.17) is 4.74 Å². The Bertz CT molecular complexity index is 897. The summed E-state index contributed by atoms with van der Waals surface area (Å²) in [5.74, 6) is 3.03. The molecule has 2 aromatic heterocycles. The van der Waals surface area contributed by atoms with Crippen LogP contribution in [0.3, 0.4) is 0 Å². The number of sulfonamides is 1. The monoisotopic (exact) mass is 378 g/mol. The molecule has 2 fully saturated rings. The van der Waals surface area contributed by atoms with Gasteiger partial charge in [0.15, 0.2) is 5.65 Å². The first kappa shape index (κ1) is 17.6. The van der Waals surface area contributed by atoms with Gasteiger partial charge in [-0.3, -0.25) is 9.12 Å². The molecular formula is C18H26N4O3S. The van der Waals surface area contributed by atoms with Crippen molar-refractivity contribution in [3.05, 3.63) is 17.8 Å². The van der Waals surface area contributed by atoms with Crippen LogP contribution >= 0.6 is 0 Å². The van der Waals surface area contributed by atoms with Crippen LogP contribution in [0.25, 0.3) is 5.65 Å². The number of aromatic nitrogens is 3. The second-order valence-electron chi connectivity index (χ2n) is 7.93. The van der Waals surface area contributed by atoms with Crippen LogP contribution < -0.4 is 9.46 Å². The fraction of sp³-hybridized carbons (Fsp3) is 0.667. The zero-order chi connectivity index (χ0) is 18.3. The fourth-order valence-corrected chi connectivity index (χ4v) is 4.17. The third-order valence-electron chi connectivity index (χ3n) is 5.44. The molecule has 0 spiro atoms. The molecule has 0 aliphatic heterocycles. The van der Waals surface area contributed by atoms with Crippen molar-refractivity contribution in [2.24, 2.45) is 11.8 Å². The van der Waals surface area contributed by atoms with Gasteiger partial charge < -0.3 is 4.74 Å². The lowest BCUT2D eigenvalue weighted by atomic mass is 9.83. The molecule has 2 aliphatic carbocycles. The zero-order valence-electron chi connectivity index (χ0n) is 15.3. The largest absolute Gasteiger partial charge is 0.493 e. The van der Waals surface area contributed by atoms with Crippen molar-refractivity contribution in [3.63, 3.8) is 0 Å². The topological polar surface area (TPSA) is 85.6 Å². The zero-order valence-corrected chi connectivity index (χ0v) is 16.1. The van der Waals surface area contributed by atoms with Gasteiger partial charge in [-0.15, -0.1) is 10.2 Å². The predicted octanol–water partition coefficient (Wildman–Crippen LogP) is 3.18. The molecule has 0 atom stereocenters. The minimum absolute atomic E-state index is 0.220. The van der Waals surface area contributed by atoms with E-state index >= 15 is 0 Å². The van der Waals surface area contributed by atoms with E-state index in [1.54, 1.807) is 4.40 Å². The summed E-state index contributed by atoms with van der Waals surface area (Å²) in [7, 11) is -3.40. The van der Waals surface area contributed by atoms with Crippen LogP contribution in [-0.2, 0) is 10.0 Å². The van der Waals surface area contributed by atoms with Gasteiger partial charge >= 0.3 is 0 Å². The van der Waals surface area contributed by atoms with E-state index in [-0.39, 0.29) is 5.95 Å². The van der Waals surface area contributed by atoms with Crippen LogP contribution in [0.15, 0.2) is 12.3 Å². The van der Waals surface area contributed by atoms with Gasteiger partial charge in [-0.1, -0.05) is 19.8 Å². The number of hydrogen-bond donors (Lipinski definition) is 1. The first-order valence-electron chi connectivity index (χ1n) is 9.38. The number of anilines is 1. The smallest absolute Gasteiger partial charge is 0.242 e. The number of nitrogens with zero attached hydrogens (tertiary/aromatic N) is 3. The highest BCUT2D eigenvalue weighted by molar-refractivity contribution is 7.91. The average molecular weight is 378 g/mol. The molecule has 142 valence electrons. The molecule has 0 radical (unpaired) electrons. The molecule has 0 amide bonds. The summed E-state index contributed by atoms with van der Waals surface area (Å²) in [5.41, 5.74) is 1.71. The summed E-state index contributed by atoms with van der Waals surface area (Å²) in [6, 6.07) is 1.89. The molecule has 4 rings (SSSR count). The molecule has 0 bridgehead atoms. The molecule has 2 saturated carbocycles. The van der Waals surface area contributed by atoms with Gasteiger partial charge in [0.1, 0.15) is 5.75 Å². The first-order chi connectivity index (χ1) is 12.4. The molecule has 1 N–H and O–H groups in total. The molecule has 2 aromatic rings. The summed E-state index contributed by atoms with van der Waals surface area (Å²) in [4.78, 5) is 0.